The molecule has 94 valence electrons. The molecule has 0 aromatic heterocycles. The Morgan fingerprint density at radius 2 is 2.12 bits per heavy atom. The molecule has 3 heteroatoms. The van der Waals surface area contributed by atoms with Crippen molar-refractivity contribution in [2.24, 2.45) is 11.7 Å². The molecule has 0 bridgehead atoms. The van der Waals surface area contributed by atoms with Crippen LogP contribution in [-0.2, 0) is 4.74 Å². The van der Waals surface area contributed by atoms with E-state index < -0.39 is 0 Å². The molecule has 2 nitrogen and oxygen atoms in total. The van der Waals surface area contributed by atoms with Crippen LogP contribution in [0.15, 0.2) is 22.7 Å². The van der Waals surface area contributed by atoms with Gasteiger partial charge in [0.25, 0.3) is 0 Å². The highest BCUT2D eigenvalue weighted by molar-refractivity contribution is 9.10. The largest absolute Gasteiger partial charge is 0.381 e. The van der Waals surface area contributed by atoms with E-state index in [-0.39, 0.29) is 6.04 Å². The van der Waals surface area contributed by atoms with Crippen LogP contribution >= 0.6 is 15.9 Å². The van der Waals surface area contributed by atoms with E-state index >= 15 is 0 Å². The molecular formula is C14H20BrNO. The summed E-state index contributed by atoms with van der Waals surface area (Å²) in [5, 5.41) is 0. The third-order valence-electron chi connectivity index (χ3n) is 3.56. The topological polar surface area (TPSA) is 35.2 Å². The quantitative estimate of drug-likeness (QED) is 0.926. The van der Waals surface area contributed by atoms with E-state index in [2.05, 4.69) is 41.1 Å². The molecule has 1 saturated heterocycles. The van der Waals surface area contributed by atoms with E-state index in [9.17, 15) is 0 Å². The molecule has 2 N–H and O–H groups in total. The lowest BCUT2D eigenvalue weighted by molar-refractivity contribution is 0.0618. The van der Waals surface area contributed by atoms with Crippen LogP contribution in [0, 0.1) is 12.8 Å². The first kappa shape index (κ1) is 13.1. The summed E-state index contributed by atoms with van der Waals surface area (Å²) in [6, 6.07) is 6.51. The number of hydrogen-bond donors (Lipinski definition) is 1. The van der Waals surface area contributed by atoms with Crippen molar-refractivity contribution in [3.05, 3.63) is 33.8 Å². The molecule has 1 fully saturated rings. The number of rotatable bonds is 3. The fraction of sp³-hybridized carbons (Fsp3) is 0.571. The van der Waals surface area contributed by atoms with Gasteiger partial charge in [-0.25, -0.2) is 0 Å². The van der Waals surface area contributed by atoms with Gasteiger partial charge in [-0.15, -0.1) is 0 Å². The molecule has 1 aromatic rings. The minimum absolute atomic E-state index is 0.159. The average molecular weight is 298 g/mol. The van der Waals surface area contributed by atoms with Gasteiger partial charge in [-0.1, -0.05) is 22.0 Å². The van der Waals surface area contributed by atoms with Gasteiger partial charge < -0.3 is 10.5 Å². The van der Waals surface area contributed by atoms with E-state index in [1.54, 1.807) is 0 Å². The van der Waals surface area contributed by atoms with Crippen molar-refractivity contribution >= 4 is 15.9 Å². The van der Waals surface area contributed by atoms with Crippen LogP contribution in [0.25, 0.3) is 0 Å². The molecule has 1 aromatic carbocycles. The highest BCUT2D eigenvalue weighted by Crippen LogP contribution is 2.28. The van der Waals surface area contributed by atoms with Crippen molar-refractivity contribution in [2.75, 3.05) is 13.2 Å². The number of aryl methyl sites for hydroxylation is 1. The maximum absolute atomic E-state index is 6.32. The molecular weight excluding hydrogens is 278 g/mol. The van der Waals surface area contributed by atoms with Gasteiger partial charge in [0.1, 0.15) is 0 Å². The monoisotopic (exact) mass is 297 g/mol. The first-order chi connectivity index (χ1) is 8.16. The predicted molar refractivity (Wildman–Crippen MR) is 74.0 cm³/mol. The van der Waals surface area contributed by atoms with Crippen LogP contribution in [0.4, 0.5) is 0 Å². The maximum Gasteiger partial charge on any atom is 0.0468 e. The summed E-state index contributed by atoms with van der Waals surface area (Å²) in [6.45, 7) is 3.93. The van der Waals surface area contributed by atoms with Crippen LogP contribution in [0.2, 0.25) is 0 Å². The fourth-order valence-electron chi connectivity index (χ4n) is 2.52. The standard InChI is InChI=1S/C14H20BrNO/c1-10-8-12(15)2-3-13(10)14(16)9-11-4-6-17-7-5-11/h2-3,8,11,14H,4-7,9,16H2,1H3. The Balaban J connectivity index is 2.00. The summed E-state index contributed by atoms with van der Waals surface area (Å²) in [6.07, 6.45) is 3.39. The number of ether oxygens (including phenoxy) is 1. The molecule has 1 aliphatic rings. The molecule has 0 spiro atoms. The van der Waals surface area contributed by atoms with Crippen molar-refractivity contribution in [3.63, 3.8) is 0 Å². The Labute approximate surface area is 112 Å². The highest BCUT2D eigenvalue weighted by Gasteiger charge is 2.18. The Hall–Kier alpha value is -0.380. The van der Waals surface area contributed by atoms with Crippen LogP contribution in [0.3, 0.4) is 0 Å². The SMILES string of the molecule is Cc1cc(Br)ccc1C(N)CC1CCOCC1. The zero-order chi connectivity index (χ0) is 12.3. The number of nitrogens with two attached hydrogens (primary N) is 1. The van der Waals surface area contributed by atoms with Crippen molar-refractivity contribution < 1.29 is 4.74 Å². The van der Waals surface area contributed by atoms with Crippen molar-refractivity contribution in [2.45, 2.75) is 32.2 Å². The molecule has 1 atom stereocenters. The molecule has 2 rings (SSSR count). The second-order valence-electron chi connectivity index (χ2n) is 4.90. The van der Waals surface area contributed by atoms with Gasteiger partial charge in [0.2, 0.25) is 0 Å². The summed E-state index contributed by atoms with van der Waals surface area (Å²) in [5.41, 5.74) is 8.87. The van der Waals surface area contributed by atoms with Crippen LogP contribution in [0.1, 0.15) is 36.4 Å². The molecule has 0 radical (unpaired) electrons. The first-order valence-corrected chi connectivity index (χ1v) is 7.05. The van der Waals surface area contributed by atoms with Crippen molar-refractivity contribution in [3.8, 4) is 0 Å². The zero-order valence-electron chi connectivity index (χ0n) is 10.3. The van der Waals surface area contributed by atoms with Gasteiger partial charge in [-0.2, -0.15) is 0 Å². The molecule has 0 amide bonds. The van der Waals surface area contributed by atoms with Crippen molar-refractivity contribution in [1.82, 2.24) is 0 Å². The van der Waals surface area contributed by atoms with E-state index in [1.165, 1.54) is 11.1 Å². The normalized spacial score (nSPS) is 19.2. The minimum atomic E-state index is 0.159. The van der Waals surface area contributed by atoms with Gasteiger partial charge in [-0.3, -0.25) is 0 Å². The number of hydrogen-bond acceptors (Lipinski definition) is 2. The molecule has 0 saturated carbocycles. The number of halogens is 1. The second-order valence-corrected chi connectivity index (χ2v) is 5.81. The van der Waals surface area contributed by atoms with Crippen LogP contribution in [0.5, 0.6) is 0 Å². The molecule has 17 heavy (non-hydrogen) atoms. The smallest absolute Gasteiger partial charge is 0.0468 e. The summed E-state index contributed by atoms with van der Waals surface area (Å²) < 4.78 is 6.50. The van der Waals surface area contributed by atoms with Gasteiger partial charge >= 0.3 is 0 Å². The third-order valence-corrected chi connectivity index (χ3v) is 4.05. The van der Waals surface area contributed by atoms with Gasteiger partial charge in [-0.05, 0) is 55.4 Å². The summed E-state index contributed by atoms with van der Waals surface area (Å²) in [4.78, 5) is 0. The van der Waals surface area contributed by atoms with Gasteiger partial charge in [0.05, 0.1) is 0 Å². The summed E-state index contributed by atoms with van der Waals surface area (Å²) >= 11 is 3.49. The minimum Gasteiger partial charge on any atom is -0.381 e. The first-order valence-electron chi connectivity index (χ1n) is 6.26. The number of benzene rings is 1. The molecule has 0 aliphatic carbocycles. The van der Waals surface area contributed by atoms with E-state index in [4.69, 9.17) is 10.5 Å². The second kappa shape index (κ2) is 5.98. The van der Waals surface area contributed by atoms with E-state index in [0.717, 1.165) is 42.9 Å². The maximum atomic E-state index is 6.32. The van der Waals surface area contributed by atoms with Crippen LogP contribution < -0.4 is 5.73 Å². The van der Waals surface area contributed by atoms with E-state index in [1.807, 2.05) is 0 Å². The molecule has 1 aliphatic heterocycles. The molecule has 1 heterocycles. The highest BCUT2D eigenvalue weighted by atomic mass is 79.9. The Bertz CT molecular complexity index is 374. The van der Waals surface area contributed by atoms with Crippen LogP contribution in [-0.4, -0.2) is 13.2 Å². The zero-order valence-corrected chi connectivity index (χ0v) is 11.9. The van der Waals surface area contributed by atoms with E-state index in [0.29, 0.717) is 0 Å². The Morgan fingerprint density at radius 3 is 2.76 bits per heavy atom. The molecule has 1 unspecified atom stereocenters. The van der Waals surface area contributed by atoms with Gasteiger partial charge in [0, 0.05) is 23.7 Å². The van der Waals surface area contributed by atoms with Crippen molar-refractivity contribution in [1.29, 1.82) is 0 Å². The lowest BCUT2D eigenvalue weighted by atomic mass is 9.88. The van der Waals surface area contributed by atoms with Gasteiger partial charge in [0.15, 0.2) is 0 Å². The average Bonchev–Trinajstić information content (AvgIpc) is 2.30. The third kappa shape index (κ3) is 3.54. The lowest BCUT2D eigenvalue weighted by Gasteiger charge is -2.25. The predicted octanol–water partition coefficient (Wildman–Crippen LogP) is 3.57. The summed E-state index contributed by atoms with van der Waals surface area (Å²) in [5.74, 6) is 0.724. The summed E-state index contributed by atoms with van der Waals surface area (Å²) in [7, 11) is 0. The fourth-order valence-corrected chi connectivity index (χ4v) is 3.00. The Kier molecular flexibility index (Phi) is 4.60. The lowest BCUT2D eigenvalue weighted by Crippen LogP contribution is -2.22. The Morgan fingerprint density at radius 1 is 1.41 bits per heavy atom.